The molecule has 0 saturated heterocycles. The first kappa shape index (κ1) is 16.0. The number of rotatable bonds is 4. The Morgan fingerprint density at radius 2 is 1.92 bits per heavy atom. The number of fused-ring (bicyclic) bond motifs is 1. The van der Waals surface area contributed by atoms with E-state index < -0.39 is 0 Å². The molecule has 0 radical (unpaired) electrons. The highest BCUT2D eigenvalue weighted by molar-refractivity contribution is 5.79. The minimum atomic E-state index is -0.174. The molecule has 4 aromatic rings. The lowest BCUT2D eigenvalue weighted by Gasteiger charge is -2.09. The zero-order chi connectivity index (χ0) is 18.1. The monoisotopic (exact) mass is 347 g/mol. The lowest BCUT2D eigenvalue weighted by atomic mass is 10.2. The molecule has 3 heterocycles. The maximum absolute atomic E-state index is 12.9. The van der Waals surface area contributed by atoms with Gasteiger partial charge in [0, 0.05) is 24.1 Å². The van der Waals surface area contributed by atoms with E-state index in [1.54, 1.807) is 12.3 Å². The van der Waals surface area contributed by atoms with Crippen molar-refractivity contribution in [2.24, 2.45) is 0 Å². The quantitative estimate of drug-likeness (QED) is 0.608. The normalized spacial score (nSPS) is 11.0. The van der Waals surface area contributed by atoms with Gasteiger partial charge in [0.15, 0.2) is 0 Å². The highest BCUT2D eigenvalue weighted by atomic mass is 16.4. The first-order valence-electron chi connectivity index (χ1n) is 8.32. The van der Waals surface area contributed by atoms with E-state index in [0.29, 0.717) is 23.1 Å². The summed E-state index contributed by atoms with van der Waals surface area (Å²) < 4.78 is 7.57. The molecular weight excluding hydrogens is 330 g/mol. The van der Waals surface area contributed by atoms with Crippen molar-refractivity contribution in [1.29, 1.82) is 0 Å². The third kappa shape index (κ3) is 2.83. The van der Waals surface area contributed by atoms with Crippen LogP contribution in [-0.2, 0) is 6.54 Å². The summed E-state index contributed by atoms with van der Waals surface area (Å²) in [6.45, 7) is 4.56. The van der Waals surface area contributed by atoms with Crippen molar-refractivity contribution in [3.8, 4) is 11.5 Å². The van der Waals surface area contributed by atoms with Gasteiger partial charge in [-0.2, -0.15) is 0 Å². The maximum atomic E-state index is 12.9. The van der Waals surface area contributed by atoms with Gasteiger partial charge in [-0.1, -0.05) is 23.3 Å². The Balaban J connectivity index is 1.79. The second kappa shape index (κ2) is 6.44. The number of pyridine rings is 2. The molecular formula is C19H17N5O2. The predicted molar refractivity (Wildman–Crippen MR) is 99.4 cm³/mol. The number of aromatic nitrogens is 4. The zero-order valence-electron chi connectivity index (χ0n) is 14.4. The van der Waals surface area contributed by atoms with E-state index >= 15 is 0 Å². The molecule has 0 aliphatic carbocycles. The van der Waals surface area contributed by atoms with Gasteiger partial charge in [-0.3, -0.25) is 4.79 Å². The van der Waals surface area contributed by atoms with Crippen molar-refractivity contribution < 1.29 is 4.42 Å². The predicted octanol–water partition coefficient (Wildman–Crippen LogP) is 3.52. The molecule has 0 amide bonds. The Hall–Kier alpha value is -3.48. The lowest BCUT2D eigenvalue weighted by Crippen LogP contribution is -2.13. The summed E-state index contributed by atoms with van der Waals surface area (Å²) in [7, 11) is 0. The van der Waals surface area contributed by atoms with Gasteiger partial charge in [0.25, 0.3) is 5.89 Å². The van der Waals surface area contributed by atoms with Gasteiger partial charge in [0.05, 0.1) is 5.39 Å². The van der Waals surface area contributed by atoms with Gasteiger partial charge in [-0.25, -0.2) is 4.98 Å². The van der Waals surface area contributed by atoms with Crippen molar-refractivity contribution in [1.82, 2.24) is 19.7 Å². The molecule has 0 spiro atoms. The van der Waals surface area contributed by atoms with Gasteiger partial charge < -0.3 is 14.3 Å². The van der Waals surface area contributed by atoms with Crippen LogP contribution in [0.3, 0.4) is 0 Å². The number of para-hydroxylation sites is 1. The first-order valence-corrected chi connectivity index (χ1v) is 8.32. The van der Waals surface area contributed by atoms with Crippen LogP contribution in [0.1, 0.15) is 12.6 Å². The van der Waals surface area contributed by atoms with Crippen LogP contribution in [0.25, 0.3) is 22.5 Å². The summed E-state index contributed by atoms with van der Waals surface area (Å²) in [6, 6.07) is 13.3. The number of anilines is 2. The maximum Gasteiger partial charge on any atom is 0.320 e. The second-order valence-corrected chi connectivity index (χ2v) is 5.89. The topological polar surface area (TPSA) is 85.8 Å². The molecule has 1 aromatic carbocycles. The number of aryl methyl sites for hydroxylation is 2. The minimum absolute atomic E-state index is 0.174. The van der Waals surface area contributed by atoms with Crippen LogP contribution in [0.5, 0.6) is 0 Å². The number of nitrogens with one attached hydrogen (secondary N) is 1. The van der Waals surface area contributed by atoms with Crippen LogP contribution in [-0.4, -0.2) is 19.7 Å². The standard InChI is InChI=1S/C19H17N5O2/c1-3-24-11-15(16(25)14-10-9-12(2)20-17(14)24)18-22-23-19(26-18)21-13-7-5-4-6-8-13/h4-11H,3H2,1-2H3,(H,21,23). The Morgan fingerprint density at radius 1 is 1.12 bits per heavy atom. The number of nitrogens with zero attached hydrogens (tertiary/aromatic N) is 4. The van der Waals surface area contributed by atoms with E-state index in [4.69, 9.17) is 4.42 Å². The van der Waals surface area contributed by atoms with Crippen molar-refractivity contribution in [3.63, 3.8) is 0 Å². The fourth-order valence-corrected chi connectivity index (χ4v) is 2.78. The Bertz CT molecular complexity index is 1130. The molecule has 0 aliphatic rings. The zero-order valence-corrected chi connectivity index (χ0v) is 14.4. The molecule has 1 N–H and O–H groups in total. The average molecular weight is 347 g/mol. The van der Waals surface area contributed by atoms with Gasteiger partial charge in [-0.05, 0) is 38.1 Å². The minimum Gasteiger partial charge on any atom is -0.403 e. The third-order valence-corrected chi connectivity index (χ3v) is 4.08. The van der Waals surface area contributed by atoms with E-state index in [1.807, 2.05) is 54.8 Å². The molecule has 130 valence electrons. The molecule has 7 nitrogen and oxygen atoms in total. The molecule has 0 saturated carbocycles. The summed E-state index contributed by atoms with van der Waals surface area (Å²) >= 11 is 0. The molecule has 0 unspecified atom stereocenters. The molecule has 0 fully saturated rings. The van der Waals surface area contributed by atoms with E-state index in [0.717, 1.165) is 11.4 Å². The second-order valence-electron chi connectivity index (χ2n) is 5.89. The van der Waals surface area contributed by atoms with Crippen LogP contribution in [0.4, 0.5) is 11.7 Å². The van der Waals surface area contributed by atoms with Crippen LogP contribution < -0.4 is 10.7 Å². The Labute approximate surface area is 149 Å². The summed E-state index contributed by atoms with van der Waals surface area (Å²) in [5.41, 5.74) is 2.53. The smallest absolute Gasteiger partial charge is 0.320 e. The fraction of sp³-hybridized carbons (Fsp3) is 0.158. The molecule has 7 heteroatoms. The van der Waals surface area contributed by atoms with Crippen molar-refractivity contribution in [3.05, 3.63) is 64.6 Å². The van der Waals surface area contributed by atoms with Gasteiger partial charge in [0.2, 0.25) is 5.43 Å². The summed E-state index contributed by atoms with van der Waals surface area (Å²) in [5.74, 6) is 0.179. The first-order chi connectivity index (χ1) is 12.7. The molecule has 4 rings (SSSR count). The Morgan fingerprint density at radius 3 is 2.69 bits per heavy atom. The molecule has 0 bridgehead atoms. The van der Waals surface area contributed by atoms with Gasteiger partial charge in [-0.15, -0.1) is 5.10 Å². The third-order valence-electron chi connectivity index (χ3n) is 4.08. The SMILES string of the molecule is CCn1cc(-c2nnc(Nc3ccccc3)o2)c(=O)c2ccc(C)nc21. The van der Waals surface area contributed by atoms with Gasteiger partial charge in [0.1, 0.15) is 11.2 Å². The lowest BCUT2D eigenvalue weighted by molar-refractivity contribution is 0.586. The van der Waals surface area contributed by atoms with E-state index in [2.05, 4.69) is 20.5 Å². The Kier molecular flexibility index (Phi) is 3.96. The van der Waals surface area contributed by atoms with Gasteiger partial charge >= 0.3 is 6.01 Å². The number of hydrogen-bond donors (Lipinski definition) is 1. The van der Waals surface area contributed by atoms with Crippen LogP contribution in [0.2, 0.25) is 0 Å². The highest BCUT2D eigenvalue weighted by Crippen LogP contribution is 2.22. The largest absolute Gasteiger partial charge is 0.403 e. The number of hydrogen-bond acceptors (Lipinski definition) is 6. The highest BCUT2D eigenvalue weighted by Gasteiger charge is 2.17. The fourth-order valence-electron chi connectivity index (χ4n) is 2.78. The molecule has 0 atom stereocenters. The van der Waals surface area contributed by atoms with Crippen molar-refractivity contribution in [2.75, 3.05) is 5.32 Å². The molecule has 0 aliphatic heterocycles. The molecule has 26 heavy (non-hydrogen) atoms. The average Bonchev–Trinajstić information content (AvgIpc) is 3.11. The van der Waals surface area contributed by atoms with Crippen LogP contribution in [0, 0.1) is 6.92 Å². The summed E-state index contributed by atoms with van der Waals surface area (Å²) in [5, 5.41) is 11.6. The van der Waals surface area contributed by atoms with E-state index in [-0.39, 0.29) is 17.3 Å². The van der Waals surface area contributed by atoms with Crippen molar-refractivity contribution >= 4 is 22.7 Å². The van der Waals surface area contributed by atoms with Crippen molar-refractivity contribution in [2.45, 2.75) is 20.4 Å². The van der Waals surface area contributed by atoms with Crippen LogP contribution >= 0.6 is 0 Å². The number of benzene rings is 1. The van der Waals surface area contributed by atoms with E-state index in [1.165, 1.54) is 0 Å². The van der Waals surface area contributed by atoms with Crippen LogP contribution in [0.15, 0.2) is 57.9 Å². The van der Waals surface area contributed by atoms with E-state index in [9.17, 15) is 4.79 Å². The summed E-state index contributed by atoms with van der Waals surface area (Å²) in [6.07, 6.45) is 1.72. The molecule has 3 aromatic heterocycles. The summed E-state index contributed by atoms with van der Waals surface area (Å²) in [4.78, 5) is 17.4.